The van der Waals surface area contributed by atoms with E-state index in [1.54, 1.807) is 40.6 Å². The van der Waals surface area contributed by atoms with Gasteiger partial charge in [-0.15, -0.1) is 0 Å². The Labute approximate surface area is 165 Å². The maximum Gasteiger partial charge on any atom is 0.293 e. The van der Waals surface area contributed by atoms with Crippen LogP contribution in [0.15, 0.2) is 42.7 Å². The van der Waals surface area contributed by atoms with Gasteiger partial charge in [-0.05, 0) is 31.5 Å². The summed E-state index contributed by atoms with van der Waals surface area (Å²) in [6, 6.07) is 7.92. The number of benzene rings is 1. The summed E-state index contributed by atoms with van der Waals surface area (Å²) in [4.78, 5) is 27.7. The van der Waals surface area contributed by atoms with Crippen LogP contribution in [0.2, 0.25) is 0 Å². The topological polar surface area (TPSA) is 120 Å². The molecule has 0 unspecified atom stereocenters. The highest BCUT2D eigenvalue weighted by Gasteiger charge is 2.20. The summed E-state index contributed by atoms with van der Waals surface area (Å²) in [5, 5.41) is 22.5. The first-order valence-electron chi connectivity index (χ1n) is 8.75. The van der Waals surface area contributed by atoms with Crippen LogP contribution >= 0.6 is 0 Å². The van der Waals surface area contributed by atoms with Crippen LogP contribution in [-0.4, -0.2) is 35.2 Å². The molecule has 10 nitrogen and oxygen atoms in total. The van der Waals surface area contributed by atoms with Crippen molar-refractivity contribution >= 4 is 22.9 Å². The van der Waals surface area contributed by atoms with Gasteiger partial charge in [-0.2, -0.15) is 10.2 Å². The van der Waals surface area contributed by atoms with Gasteiger partial charge in [-0.3, -0.25) is 19.6 Å². The van der Waals surface area contributed by atoms with Gasteiger partial charge in [0.25, 0.3) is 11.6 Å². The molecule has 1 N–H and O–H groups in total. The minimum Gasteiger partial charge on any atom is -0.315 e. The van der Waals surface area contributed by atoms with Gasteiger partial charge < -0.3 is 5.32 Å². The van der Waals surface area contributed by atoms with Crippen molar-refractivity contribution in [1.29, 1.82) is 0 Å². The number of nitro benzene ring substituents is 1. The molecule has 0 bridgehead atoms. The molecule has 0 fully saturated rings. The first-order chi connectivity index (χ1) is 13.8. The van der Waals surface area contributed by atoms with Crippen molar-refractivity contribution in [3.63, 3.8) is 0 Å². The molecule has 0 radical (unpaired) electrons. The average molecular weight is 391 g/mol. The summed E-state index contributed by atoms with van der Waals surface area (Å²) in [7, 11) is 1.84. The summed E-state index contributed by atoms with van der Waals surface area (Å²) >= 11 is 0. The summed E-state index contributed by atoms with van der Waals surface area (Å²) in [5.41, 5.74) is 3.78. The minimum absolute atomic E-state index is 0.0985. The van der Waals surface area contributed by atoms with Crippen LogP contribution in [0.4, 0.5) is 11.4 Å². The number of nitro groups is 1. The van der Waals surface area contributed by atoms with Crippen LogP contribution < -0.4 is 5.32 Å². The third kappa shape index (κ3) is 3.20. The van der Waals surface area contributed by atoms with Crippen LogP contribution in [-0.2, 0) is 7.05 Å². The molecule has 0 aliphatic carbocycles. The van der Waals surface area contributed by atoms with Crippen molar-refractivity contribution < 1.29 is 9.72 Å². The lowest BCUT2D eigenvalue weighted by atomic mass is 10.2. The molecule has 4 rings (SSSR count). The molecular formula is C19H17N7O3. The lowest BCUT2D eigenvalue weighted by Crippen LogP contribution is -2.14. The summed E-state index contributed by atoms with van der Waals surface area (Å²) < 4.78 is 3.30. The zero-order valence-corrected chi connectivity index (χ0v) is 15.9. The first-order valence-corrected chi connectivity index (χ1v) is 8.75. The van der Waals surface area contributed by atoms with E-state index in [9.17, 15) is 14.9 Å². The SMILES string of the molecule is Cc1ccc(NC(=O)c2cc3nccc(-c4cnn(C)c4C)n3n2)c([N+](=O)[O-])c1. The van der Waals surface area contributed by atoms with E-state index in [-0.39, 0.29) is 17.1 Å². The van der Waals surface area contributed by atoms with Gasteiger partial charge in [0.05, 0.1) is 16.8 Å². The zero-order chi connectivity index (χ0) is 20.7. The molecule has 0 spiro atoms. The maximum atomic E-state index is 12.7. The Hall–Kier alpha value is -4.08. The molecule has 10 heteroatoms. The second-order valence-electron chi connectivity index (χ2n) is 6.63. The Kier molecular flexibility index (Phi) is 4.30. The number of nitrogens with one attached hydrogen (secondary N) is 1. The van der Waals surface area contributed by atoms with Crippen LogP contribution in [0.1, 0.15) is 21.7 Å². The van der Waals surface area contributed by atoms with E-state index in [2.05, 4.69) is 20.5 Å². The lowest BCUT2D eigenvalue weighted by molar-refractivity contribution is -0.384. The van der Waals surface area contributed by atoms with Gasteiger partial charge in [0.2, 0.25) is 0 Å². The number of hydrogen-bond donors (Lipinski definition) is 1. The van der Waals surface area contributed by atoms with Crippen LogP contribution in [0.3, 0.4) is 0 Å². The summed E-state index contributed by atoms with van der Waals surface area (Å²) in [6.07, 6.45) is 3.35. The summed E-state index contributed by atoms with van der Waals surface area (Å²) in [6.45, 7) is 3.68. The van der Waals surface area contributed by atoms with E-state index >= 15 is 0 Å². The fourth-order valence-electron chi connectivity index (χ4n) is 3.05. The number of carbonyl (C=O) groups excluding carboxylic acids is 1. The van der Waals surface area contributed by atoms with E-state index in [0.717, 1.165) is 22.5 Å². The van der Waals surface area contributed by atoms with Crippen molar-refractivity contribution in [3.05, 3.63) is 69.8 Å². The molecule has 146 valence electrons. The van der Waals surface area contributed by atoms with Crippen molar-refractivity contribution in [3.8, 4) is 11.3 Å². The third-order valence-electron chi connectivity index (χ3n) is 4.70. The maximum absolute atomic E-state index is 12.7. The molecule has 0 aliphatic rings. The number of anilines is 1. The summed E-state index contributed by atoms with van der Waals surface area (Å²) in [5.74, 6) is -0.559. The van der Waals surface area contributed by atoms with E-state index in [0.29, 0.717) is 5.65 Å². The number of nitrogens with zero attached hydrogens (tertiary/aromatic N) is 6. The average Bonchev–Trinajstić information content (AvgIpc) is 3.27. The fourth-order valence-corrected chi connectivity index (χ4v) is 3.05. The zero-order valence-electron chi connectivity index (χ0n) is 15.9. The molecule has 4 aromatic rings. The molecule has 29 heavy (non-hydrogen) atoms. The smallest absolute Gasteiger partial charge is 0.293 e. The van der Waals surface area contributed by atoms with E-state index in [1.807, 2.05) is 14.0 Å². The second-order valence-corrected chi connectivity index (χ2v) is 6.63. The lowest BCUT2D eigenvalue weighted by Gasteiger charge is -2.05. The largest absolute Gasteiger partial charge is 0.315 e. The molecule has 0 atom stereocenters. The quantitative estimate of drug-likeness (QED) is 0.422. The van der Waals surface area contributed by atoms with Crippen molar-refractivity contribution in [2.24, 2.45) is 7.05 Å². The Balaban J connectivity index is 1.73. The van der Waals surface area contributed by atoms with E-state index in [1.165, 1.54) is 18.2 Å². The third-order valence-corrected chi connectivity index (χ3v) is 4.70. The predicted molar refractivity (Wildman–Crippen MR) is 106 cm³/mol. The van der Waals surface area contributed by atoms with Crippen molar-refractivity contribution in [2.75, 3.05) is 5.32 Å². The molecule has 0 saturated carbocycles. The normalized spacial score (nSPS) is 11.0. The number of fused-ring (bicyclic) bond motifs is 1. The van der Waals surface area contributed by atoms with Gasteiger partial charge >= 0.3 is 0 Å². The number of amides is 1. The molecule has 1 amide bonds. The highest BCUT2D eigenvalue weighted by molar-refractivity contribution is 6.04. The van der Waals surface area contributed by atoms with Gasteiger partial charge in [-0.1, -0.05) is 6.07 Å². The number of aryl methyl sites for hydroxylation is 2. The second kappa shape index (κ2) is 6.82. The Bertz CT molecular complexity index is 1270. The van der Waals surface area contributed by atoms with Gasteiger partial charge in [0.15, 0.2) is 11.3 Å². The highest BCUT2D eigenvalue weighted by atomic mass is 16.6. The van der Waals surface area contributed by atoms with E-state index in [4.69, 9.17) is 0 Å². The van der Waals surface area contributed by atoms with Crippen LogP contribution in [0, 0.1) is 24.0 Å². The molecular weight excluding hydrogens is 374 g/mol. The fraction of sp³-hybridized carbons (Fsp3) is 0.158. The minimum atomic E-state index is -0.559. The molecule has 0 aliphatic heterocycles. The van der Waals surface area contributed by atoms with Gasteiger partial charge in [0.1, 0.15) is 5.69 Å². The van der Waals surface area contributed by atoms with Gasteiger partial charge in [-0.25, -0.2) is 9.50 Å². The number of carbonyl (C=O) groups is 1. The standard InChI is InChI=1S/C19H17N7O3/c1-11-4-5-14(17(8-11)26(28)29)22-19(27)15-9-18-20-7-6-16(25(18)23-15)13-10-21-24(3)12(13)2/h4-10H,1-3H3,(H,22,27). The monoisotopic (exact) mass is 391 g/mol. The molecule has 3 aromatic heterocycles. The van der Waals surface area contributed by atoms with Gasteiger partial charge in [0, 0.05) is 36.6 Å². The predicted octanol–water partition coefficient (Wildman–Crippen LogP) is 2.91. The molecule has 1 aromatic carbocycles. The number of hydrogen-bond acceptors (Lipinski definition) is 6. The Morgan fingerprint density at radius 1 is 1.21 bits per heavy atom. The van der Waals surface area contributed by atoms with Crippen LogP contribution in [0.25, 0.3) is 16.9 Å². The Morgan fingerprint density at radius 3 is 2.69 bits per heavy atom. The number of rotatable bonds is 4. The van der Waals surface area contributed by atoms with Crippen LogP contribution in [0.5, 0.6) is 0 Å². The molecule has 3 heterocycles. The Morgan fingerprint density at radius 2 is 2.00 bits per heavy atom. The first kappa shape index (κ1) is 18.3. The van der Waals surface area contributed by atoms with Crippen molar-refractivity contribution in [1.82, 2.24) is 24.4 Å². The van der Waals surface area contributed by atoms with E-state index < -0.39 is 10.8 Å². The highest BCUT2D eigenvalue weighted by Crippen LogP contribution is 2.26. The van der Waals surface area contributed by atoms with Crippen molar-refractivity contribution in [2.45, 2.75) is 13.8 Å². The number of aromatic nitrogens is 5. The molecule has 0 saturated heterocycles.